The highest BCUT2D eigenvalue weighted by atomic mass is 16.5. The van der Waals surface area contributed by atoms with Crippen LogP contribution in [0.4, 0.5) is 0 Å². The lowest BCUT2D eigenvalue weighted by Crippen LogP contribution is -2.36. The van der Waals surface area contributed by atoms with Gasteiger partial charge in [0, 0.05) is 19.3 Å². The summed E-state index contributed by atoms with van der Waals surface area (Å²) in [4.78, 5) is 0. The van der Waals surface area contributed by atoms with Gasteiger partial charge in [-0.3, -0.25) is 0 Å². The lowest BCUT2D eigenvalue weighted by molar-refractivity contribution is 0.0774. The third-order valence-corrected chi connectivity index (χ3v) is 5.15. The Morgan fingerprint density at radius 3 is 2.07 bits per heavy atom. The topological polar surface area (TPSA) is 21.3 Å². The Hall–Kier alpha value is -0.0800. The van der Waals surface area contributed by atoms with Crippen molar-refractivity contribution in [3.05, 3.63) is 0 Å². The van der Waals surface area contributed by atoms with E-state index in [-0.39, 0.29) is 0 Å². The number of ether oxygens (including phenoxy) is 1. The van der Waals surface area contributed by atoms with Gasteiger partial charge in [0.25, 0.3) is 0 Å². The quantitative estimate of drug-likeness (QED) is 0.774. The second kappa shape index (κ2) is 3.74. The molecular formula is C13H25NO. The largest absolute Gasteiger partial charge is 0.381 e. The predicted molar refractivity (Wildman–Crippen MR) is 62.9 cm³/mol. The highest BCUT2D eigenvalue weighted by Crippen LogP contribution is 2.67. The van der Waals surface area contributed by atoms with Crippen molar-refractivity contribution < 1.29 is 4.74 Å². The maximum atomic E-state index is 5.36. The molecule has 88 valence electrons. The molecule has 1 aliphatic heterocycles. The van der Waals surface area contributed by atoms with E-state index in [4.69, 9.17) is 4.74 Å². The zero-order valence-corrected chi connectivity index (χ0v) is 10.6. The summed E-state index contributed by atoms with van der Waals surface area (Å²) in [6, 6.07) is 0.700. The van der Waals surface area contributed by atoms with Gasteiger partial charge in [0.15, 0.2) is 0 Å². The monoisotopic (exact) mass is 211 g/mol. The Morgan fingerprint density at radius 1 is 1.07 bits per heavy atom. The summed E-state index contributed by atoms with van der Waals surface area (Å²) in [5, 5.41) is 3.71. The van der Waals surface area contributed by atoms with E-state index in [0.717, 1.165) is 19.1 Å². The fraction of sp³-hybridized carbons (Fsp3) is 1.00. The summed E-state index contributed by atoms with van der Waals surface area (Å²) in [5.74, 6) is 0.841. The van der Waals surface area contributed by atoms with Crippen molar-refractivity contribution in [3.63, 3.8) is 0 Å². The highest BCUT2D eigenvalue weighted by Gasteiger charge is 2.63. The molecule has 2 fully saturated rings. The van der Waals surface area contributed by atoms with Gasteiger partial charge in [0.05, 0.1) is 0 Å². The Bertz CT molecular complexity index is 215. The molecular weight excluding hydrogens is 186 g/mol. The molecule has 1 N–H and O–H groups in total. The van der Waals surface area contributed by atoms with E-state index in [1.54, 1.807) is 0 Å². The number of hydrogen-bond donors (Lipinski definition) is 1. The fourth-order valence-corrected chi connectivity index (χ4v) is 3.03. The van der Waals surface area contributed by atoms with Gasteiger partial charge >= 0.3 is 0 Å². The Labute approximate surface area is 93.8 Å². The van der Waals surface area contributed by atoms with Crippen molar-refractivity contribution in [1.82, 2.24) is 5.32 Å². The van der Waals surface area contributed by atoms with Gasteiger partial charge < -0.3 is 10.1 Å². The molecule has 2 aliphatic rings. The van der Waals surface area contributed by atoms with Crippen molar-refractivity contribution in [2.75, 3.05) is 19.8 Å². The molecule has 1 saturated heterocycles. The smallest absolute Gasteiger partial charge is 0.0480 e. The van der Waals surface area contributed by atoms with Crippen LogP contribution < -0.4 is 5.32 Å². The average molecular weight is 211 g/mol. The van der Waals surface area contributed by atoms with Crippen LogP contribution in [0.25, 0.3) is 0 Å². The first kappa shape index (κ1) is 11.4. The van der Waals surface area contributed by atoms with Crippen LogP contribution in [0.15, 0.2) is 0 Å². The molecule has 1 saturated carbocycles. The van der Waals surface area contributed by atoms with E-state index in [9.17, 15) is 0 Å². The van der Waals surface area contributed by atoms with Gasteiger partial charge in [-0.1, -0.05) is 27.7 Å². The lowest BCUT2D eigenvalue weighted by Gasteiger charge is -2.23. The second-order valence-corrected chi connectivity index (χ2v) is 6.29. The van der Waals surface area contributed by atoms with Crippen LogP contribution in [-0.2, 0) is 4.74 Å². The van der Waals surface area contributed by atoms with Gasteiger partial charge in [0.1, 0.15) is 0 Å². The third kappa shape index (κ3) is 1.94. The molecule has 0 amide bonds. The van der Waals surface area contributed by atoms with Gasteiger partial charge in [-0.2, -0.15) is 0 Å². The maximum Gasteiger partial charge on any atom is 0.0480 e. The summed E-state index contributed by atoms with van der Waals surface area (Å²) in [6.07, 6.45) is 2.38. The minimum Gasteiger partial charge on any atom is -0.381 e. The highest BCUT2D eigenvalue weighted by molar-refractivity contribution is 5.12. The summed E-state index contributed by atoms with van der Waals surface area (Å²) < 4.78 is 5.36. The molecule has 0 bridgehead atoms. The van der Waals surface area contributed by atoms with Crippen LogP contribution in [-0.4, -0.2) is 25.8 Å². The number of nitrogens with one attached hydrogen (secondary N) is 1. The average Bonchev–Trinajstić information content (AvgIpc) is 2.57. The molecule has 0 aromatic heterocycles. The fourth-order valence-electron chi connectivity index (χ4n) is 3.03. The summed E-state index contributed by atoms with van der Waals surface area (Å²) >= 11 is 0. The van der Waals surface area contributed by atoms with E-state index in [2.05, 4.69) is 33.0 Å². The summed E-state index contributed by atoms with van der Waals surface area (Å²) in [6.45, 7) is 12.6. The molecule has 2 rings (SSSR count). The Kier molecular flexibility index (Phi) is 2.85. The number of rotatable bonds is 3. The first-order valence-electron chi connectivity index (χ1n) is 6.27. The van der Waals surface area contributed by atoms with Gasteiger partial charge in [-0.25, -0.2) is 0 Å². The van der Waals surface area contributed by atoms with Crippen LogP contribution in [0.1, 0.15) is 40.5 Å². The van der Waals surface area contributed by atoms with Gasteiger partial charge in [-0.15, -0.1) is 0 Å². The van der Waals surface area contributed by atoms with Crippen molar-refractivity contribution in [3.8, 4) is 0 Å². The summed E-state index contributed by atoms with van der Waals surface area (Å²) in [5.41, 5.74) is 1.04. The molecule has 1 aliphatic carbocycles. The van der Waals surface area contributed by atoms with Gasteiger partial charge in [0.2, 0.25) is 0 Å². The predicted octanol–water partition coefficient (Wildman–Crippen LogP) is 2.44. The van der Waals surface area contributed by atoms with Crippen molar-refractivity contribution in [2.24, 2.45) is 16.7 Å². The van der Waals surface area contributed by atoms with Crippen molar-refractivity contribution in [2.45, 2.75) is 46.6 Å². The van der Waals surface area contributed by atoms with E-state index < -0.39 is 0 Å². The molecule has 2 heteroatoms. The molecule has 0 unspecified atom stereocenters. The Morgan fingerprint density at radius 2 is 1.60 bits per heavy atom. The van der Waals surface area contributed by atoms with Crippen LogP contribution in [0, 0.1) is 16.7 Å². The zero-order chi connectivity index (χ0) is 11.1. The van der Waals surface area contributed by atoms with E-state index in [1.165, 1.54) is 19.4 Å². The van der Waals surface area contributed by atoms with E-state index >= 15 is 0 Å². The van der Waals surface area contributed by atoms with Gasteiger partial charge in [-0.05, 0) is 36.1 Å². The first-order chi connectivity index (χ1) is 6.96. The SMILES string of the molecule is CC1(C)C(CNC2CCOCC2)C1(C)C. The van der Waals surface area contributed by atoms with Crippen LogP contribution in [0.5, 0.6) is 0 Å². The molecule has 0 radical (unpaired) electrons. The van der Waals surface area contributed by atoms with Crippen LogP contribution >= 0.6 is 0 Å². The Balaban J connectivity index is 1.75. The lowest BCUT2D eigenvalue weighted by atomic mass is 10.0. The molecule has 0 aromatic rings. The molecule has 1 heterocycles. The van der Waals surface area contributed by atoms with Crippen LogP contribution in [0.3, 0.4) is 0 Å². The second-order valence-electron chi connectivity index (χ2n) is 6.29. The van der Waals surface area contributed by atoms with E-state index in [1.807, 2.05) is 0 Å². The molecule has 0 spiro atoms. The molecule has 15 heavy (non-hydrogen) atoms. The molecule has 0 aromatic carbocycles. The first-order valence-corrected chi connectivity index (χ1v) is 6.27. The van der Waals surface area contributed by atoms with Crippen molar-refractivity contribution in [1.29, 1.82) is 0 Å². The minimum atomic E-state index is 0.519. The van der Waals surface area contributed by atoms with E-state index in [0.29, 0.717) is 16.9 Å². The summed E-state index contributed by atoms with van der Waals surface area (Å²) in [7, 11) is 0. The molecule has 2 nitrogen and oxygen atoms in total. The zero-order valence-electron chi connectivity index (χ0n) is 10.6. The minimum absolute atomic E-state index is 0.519. The molecule has 0 atom stereocenters. The normalized spacial score (nSPS) is 30.4. The van der Waals surface area contributed by atoms with Crippen LogP contribution in [0.2, 0.25) is 0 Å². The third-order valence-electron chi connectivity index (χ3n) is 5.15. The maximum absolute atomic E-state index is 5.36. The standard InChI is InChI=1S/C13H25NO/c1-12(2)11(13(12,3)4)9-14-10-5-7-15-8-6-10/h10-11,14H,5-9H2,1-4H3. The van der Waals surface area contributed by atoms with Crippen molar-refractivity contribution >= 4 is 0 Å². The number of hydrogen-bond acceptors (Lipinski definition) is 2.